The molecule has 0 N–H and O–H groups in total. The van der Waals surface area contributed by atoms with Crippen molar-refractivity contribution in [3.63, 3.8) is 0 Å². The number of para-hydroxylation sites is 3. The molecule has 0 radical (unpaired) electrons. The summed E-state index contributed by atoms with van der Waals surface area (Å²) >= 11 is 0. The summed E-state index contributed by atoms with van der Waals surface area (Å²) in [6.45, 7) is 0. The molecule has 0 bridgehead atoms. The predicted molar refractivity (Wildman–Crippen MR) is 272 cm³/mol. The normalized spacial score (nSPS) is 11.7. The highest BCUT2D eigenvalue weighted by molar-refractivity contribution is 6.14. The Balaban J connectivity index is 0.930. The van der Waals surface area contributed by atoms with Crippen LogP contribution in [0.25, 0.3) is 110 Å². The van der Waals surface area contributed by atoms with Crippen molar-refractivity contribution in [3.05, 3.63) is 237 Å². The van der Waals surface area contributed by atoms with Crippen molar-refractivity contribution in [2.75, 3.05) is 4.90 Å². The van der Waals surface area contributed by atoms with Gasteiger partial charge in [-0.2, -0.15) is 0 Å². The number of benzene rings is 11. The van der Waals surface area contributed by atoms with E-state index in [1.54, 1.807) is 0 Å². The van der Waals surface area contributed by atoms with Gasteiger partial charge in [0.2, 0.25) is 0 Å². The van der Waals surface area contributed by atoms with E-state index in [-0.39, 0.29) is 0 Å². The first kappa shape index (κ1) is 36.9. The van der Waals surface area contributed by atoms with Gasteiger partial charge in [-0.05, 0) is 128 Å². The highest BCUT2D eigenvalue weighted by atomic mass is 16.3. The topological polar surface area (TPSA) is 29.5 Å². The lowest BCUT2D eigenvalue weighted by Crippen LogP contribution is -2.11. The number of fused-ring (bicyclic) bond motifs is 8. The van der Waals surface area contributed by atoms with Gasteiger partial charge >= 0.3 is 0 Å². The Morgan fingerprint density at radius 2 is 0.785 bits per heavy atom. The van der Waals surface area contributed by atoms with Crippen LogP contribution in [-0.2, 0) is 0 Å². The van der Waals surface area contributed by atoms with Crippen LogP contribution in [0.2, 0.25) is 0 Å². The maximum atomic E-state index is 6.81. The van der Waals surface area contributed by atoms with Crippen molar-refractivity contribution in [2.45, 2.75) is 0 Å². The summed E-state index contributed by atoms with van der Waals surface area (Å²) in [6.07, 6.45) is 0. The Morgan fingerprint density at radius 1 is 0.262 bits per heavy atom. The van der Waals surface area contributed by atoms with E-state index in [2.05, 4.69) is 229 Å². The van der Waals surface area contributed by atoms with Gasteiger partial charge in [0.25, 0.3) is 0 Å². The van der Waals surface area contributed by atoms with E-state index < -0.39 is 0 Å². The maximum Gasteiger partial charge on any atom is 0.143 e. The maximum absolute atomic E-state index is 6.81. The molecular formula is C62H39NO2. The third-order valence-corrected chi connectivity index (χ3v) is 13.0. The number of furan rings is 2. The fraction of sp³-hybridized carbons (Fsp3) is 0. The highest BCUT2D eigenvalue weighted by Gasteiger charge is 2.21. The van der Waals surface area contributed by atoms with E-state index in [9.17, 15) is 0 Å². The van der Waals surface area contributed by atoms with Crippen molar-refractivity contribution in [1.29, 1.82) is 0 Å². The zero-order valence-corrected chi connectivity index (χ0v) is 35.3. The van der Waals surface area contributed by atoms with Crippen molar-refractivity contribution in [3.8, 4) is 44.5 Å². The molecule has 304 valence electrons. The van der Waals surface area contributed by atoms with Crippen molar-refractivity contribution < 1.29 is 8.83 Å². The second-order valence-corrected chi connectivity index (χ2v) is 16.9. The Hall–Kier alpha value is -8.66. The third kappa shape index (κ3) is 6.36. The van der Waals surface area contributed by atoms with Gasteiger partial charge in [-0.15, -0.1) is 0 Å². The zero-order chi connectivity index (χ0) is 42.8. The molecule has 0 aliphatic carbocycles. The third-order valence-electron chi connectivity index (χ3n) is 13.0. The molecule has 0 amide bonds. The summed E-state index contributed by atoms with van der Waals surface area (Å²) in [5.74, 6) is 0. The molecule has 0 aliphatic heterocycles. The quantitative estimate of drug-likeness (QED) is 0.160. The predicted octanol–water partition coefficient (Wildman–Crippen LogP) is 17.9. The van der Waals surface area contributed by atoms with Crippen LogP contribution >= 0.6 is 0 Å². The van der Waals surface area contributed by atoms with E-state index >= 15 is 0 Å². The average molecular weight is 830 g/mol. The van der Waals surface area contributed by atoms with Crippen molar-refractivity contribution in [1.82, 2.24) is 0 Å². The molecule has 0 unspecified atom stereocenters. The molecule has 0 fully saturated rings. The molecule has 0 spiro atoms. The zero-order valence-electron chi connectivity index (χ0n) is 35.3. The molecule has 0 saturated carbocycles. The molecule has 2 aromatic heterocycles. The van der Waals surface area contributed by atoms with Crippen LogP contribution in [0.1, 0.15) is 0 Å². The first-order valence-corrected chi connectivity index (χ1v) is 22.1. The molecule has 0 atom stereocenters. The number of hydrogen-bond acceptors (Lipinski definition) is 3. The molecule has 13 aromatic rings. The fourth-order valence-corrected chi connectivity index (χ4v) is 9.78. The average Bonchev–Trinajstić information content (AvgIpc) is 3.94. The molecule has 13 rings (SSSR count). The Kier molecular flexibility index (Phi) is 8.53. The van der Waals surface area contributed by atoms with Crippen LogP contribution < -0.4 is 4.90 Å². The van der Waals surface area contributed by atoms with E-state index in [4.69, 9.17) is 8.83 Å². The highest BCUT2D eigenvalue weighted by Crippen LogP contribution is 2.45. The Labute approximate surface area is 375 Å². The summed E-state index contributed by atoms with van der Waals surface area (Å²) in [7, 11) is 0. The molecule has 65 heavy (non-hydrogen) atoms. The van der Waals surface area contributed by atoms with Gasteiger partial charge < -0.3 is 13.7 Å². The van der Waals surface area contributed by atoms with Crippen LogP contribution in [0.3, 0.4) is 0 Å². The van der Waals surface area contributed by atoms with Gasteiger partial charge in [-0.3, -0.25) is 0 Å². The van der Waals surface area contributed by atoms with E-state index in [0.29, 0.717) is 0 Å². The monoisotopic (exact) mass is 829 g/mol. The van der Waals surface area contributed by atoms with Gasteiger partial charge in [-0.1, -0.05) is 164 Å². The minimum atomic E-state index is 0.879. The standard InChI is InChI=1S/C62H39NO2/c1-2-12-43-36-48(24-23-40(43)11-1)45-16-9-15-44(35-45)41-25-30-50(31-26-41)63(51-32-27-42(28-33-51)49-29-34-60-56(38-49)53-18-6-8-22-59(53)64-60)58-21-7-5-17-52(58)54-19-10-20-55-57-37-46-13-3-4-14-47(46)39-61(57)65-62(54)55/h1-39H. The summed E-state index contributed by atoms with van der Waals surface area (Å²) in [5.41, 5.74) is 15.8. The number of nitrogens with zero attached hydrogens (tertiary/aromatic N) is 1. The number of rotatable bonds is 7. The largest absolute Gasteiger partial charge is 0.456 e. The van der Waals surface area contributed by atoms with Crippen LogP contribution in [0.15, 0.2) is 245 Å². The molecule has 0 saturated heterocycles. The molecule has 0 aliphatic rings. The summed E-state index contributed by atoms with van der Waals surface area (Å²) in [5, 5.41) is 9.32. The lowest BCUT2D eigenvalue weighted by Gasteiger charge is -2.28. The van der Waals surface area contributed by atoms with Crippen LogP contribution in [-0.4, -0.2) is 0 Å². The lowest BCUT2D eigenvalue weighted by molar-refractivity contribution is 0.669. The van der Waals surface area contributed by atoms with Gasteiger partial charge in [0.05, 0.1) is 5.69 Å². The molecule has 2 heterocycles. The van der Waals surface area contributed by atoms with Crippen LogP contribution in [0, 0.1) is 0 Å². The SMILES string of the molecule is c1cc(-c2ccc(N(c3ccc(-c4ccc5oc6ccccc6c5c4)cc3)c3ccccc3-c3cccc4c3oc3cc5ccccc5cc34)cc2)cc(-c2ccc3ccccc3c2)c1. The Morgan fingerprint density at radius 3 is 1.57 bits per heavy atom. The molecule has 3 nitrogen and oxygen atoms in total. The van der Waals surface area contributed by atoms with Crippen LogP contribution in [0.4, 0.5) is 17.1 Å². The van der Waals surface area contributed by atoms with E-state index in [1.807, 2.05) is 12.1 Å². The first-order chi connectivity index (χ1) is 32.2. The smallest absolute Gasteiger partial charge is 0.143 e. The van der Waals surface area contributed by atoms with Gasteiger partial charge in [0.15, 0.2) is 0 Å². The summed E-state index contributed by atoms with van der Waals surface area (Å²) in [4.78, 5) is 2.37. The minimum Gasteiger partial charge on any atom is -0.456 e. The van der Waals surface area contributed by atoms with Crippen LogP contribution in [0.5, 0.6) is 0 Å². The summed E-state index contributed by atoms with van der Waals surface area (Å²) < 4.78 is 13.0. The van der Waals surface area contributed by atoms with Gasteiger partial charge in [0.1, 0.15) is 22.3 Å². The van der Waals surface area contributed by atoms with Crippen molar-refractivity contribution >= 4 is 82.5 Å². The summed E-state index contributed by atoms with van der Waals surface area (Å²) in [6, 6.07) is 84.8. The van der Waals surface area contributed by atoms with Crippen molar-refractivity contribution in [2.24, 2.45) is 0 Å². The number of hydrogen-bond donors (Lipinski definition) is 0. The van der Waals surface area contributed by atoms with Gasteiger partial charge in [-0.25, -0.2) is 0 Å². The molecular weight excluding hydrogens is 791 g/mol. The Bertz CT molecular complexity index is 3950. The fourth-order valence-electron chi connectivity index (χ4n) is 9.78. The van der Waals surface area contributed by atoms with Gasteiger partial charge in [0, 0.05) is 44.0 Å². The van der Waals surface area contributed by atoms with E-state index in [1.165, 1.54) is 32.8 Å². The minimum absolute atomic E-state index is 0.879. The molecule has 11 aromatic carbocycles. The van der Waals surface area contributed by atoms with E-state index in [0.717, 1.165) is 94.1 Å². The lowest BCUT2D eigenvalue weighted by atomic mass is 9.96. The number of anilines is 3. The second kappa shape index (κ2) is 15.0. The molecule has 3 heteroatoms. The first-order valence-electron chi connectivity index (χ1n) is 22.1. The second-order valence-electron chi connectivity index (χ2n) is 16.9.